The lowest BCUT2D eigenvalue weighted by molar-refractivity contribution is -0.384. The van der Waals surface area contributed by atoms with Crippen molar-refractivity contribution in [2.45, 2.75) is 31.9 Å². The number of non-ortho nitro benzene ring substituents is 1. The number of oxazole rings is 1. The molecular weight excluding hydrogens is 314 g/mol. The summed E-state index contributed by atoms with van der Waals surface area (Å²) in [5.74, 6) is 0.574. The lowest BCUT2D eigenvalue weighted by Crippen LogP contribution is -2.36. The Balaban J connectivity index is 1.55. The summed E-state index contributed by atoms with van der Waals surface area (Å²) >= 11 is 0. The number of nitro groups is 1. The molecule has 1 aromatic carbocycles. The molecule has 130 valence electrons. The lowest BCUT2D eigenvalue weighted by Gasteiger charge is -2.30. The molecule has 1 aliphatic heterocycles. The second kappa shape index (κ2) is 7.69. The summed E-state index contributed by atoms with van der Waals surface area (Å²) in [5, 5.41) is 19.6. The number of piperidine rings is 1. The summed E-state index contributed by atoms with van der Waals surface area (Å²) in [6, 6.07) is 4.45. The van der Waals surface area contributed by atoms with Gasteiger partial charge in [0.05, 0.1) is 17.6 Å². The summed E-state index contributed by atoms with van der Waals surface area (Å²) in [7, 11) is 0. The number of aliphatic hydroxyl groups excluding tert-OH is 1. The number of aromatic nitrogens is 1. The Kier molecular flexibility index (Phi) is 5.39. The summed E-state index contributed by atoms with van der Waals surface area (Å²) in [6.07, 6.45) is 2.81. The molecule has 0 atom stereocenters. The Bertz CT molecular complexity index is 694. The van der Waals surface area contributed by atoms with Crippen LogP contribution in [0.1, 0.15) is 25.2 Å². The lowest BCUT2D eigenvalue weighted by atomic mass is 10.1. The van der Waals surface area contributed by atoms with Gasteiger partial charge in [0.2, 0.25) is 5.89 Å². The molecule has 0 aliphatic carbocycles. The van der Waals surface area contributed by atoms with E-state index < -0.39 is 4.92 Å². The molecule has 0 radical (unpaired) electrons. The Morgan fingerprint density at radius 1 is 1.42 bits per heavy atom. The third-order valence-electron chi connectivity index (χ3n) is 4.18. The van der Waals surface area contributed by atoms with Crippen LogP contribution in [-0.2, 0) is 11.3 Å². The van der Waals surface area contributed by atoms with Crippen LogP contribution in [0.15, 0.2) is 22.6 Å². The highest BCUT2D eigenvalue weighted by Gasteiger charge is 2.21. The average Bonchev–Trinajstić information content (AvgIpc) is 2.98. The van der Waals surface area contributed by atoms with E-state index in [1.807, 2.05) is 0 Å². The molecule has 0 saturated carbocycles. The molecule has 1 aromatic heterocycles. The molecule has 1 N–H and O–H groups in total. The van der Waals surface area contributed by atoms with E-state index in [0.29, 0.717) is 36.6 Å². The zero-order chi connectivity index (χ0) is 16.9. The smallest absolute Gasteiger partial charge is 0.271 e. The van der Waals surface area contributed by atoms with E-state index in [1.165, 1.54) is 12.1 Å². The van der Waals surface area contributed by atoms with Crippen LogP contribution >= 0.6 is 0 Å². The van der Waals surface area contributed by atoms with E-state index in [0.717, 1.165) is 25.9 Å². The predicted octanol–water partition coefficient (Wildman–Crippen LogP) is 2.10. The standard InChI is InChI=1S/C16H21N3O5/c20-8-1-9-23-13-4-6-18(7-5-13)11-16-17-14-10-12(19(21)22)2-3-15(14)24-16/h2-3,10,13,20H,1,4-9,11H2. The molecule has 3 rings (SSSR count). The number of hydrogen-bond acceptors (Lipinski definition) is 7. The van der Waals surface area contributed by atoms with Crippen LogP contribution in [0.4, 0.5) is 5.69 Å². The van der Waals surface area contributed by atoms with Crippen LogP contribution in [-0.4, -0.2) is 52.3 Å². The van der Waals surface area contributed by atoms with Gasteiger partial charge in [-0.3, -0.25) is 15.0 Å². The van der Waals surface area contributed by atoms with Crippen molar-refractivity contribution in [1.29, 1.82) is 0 Å². The Labute approximate surface area is 139 Å². The van der Waals surface area contributed by atoms with Gasteiger partial charge in [-0.25, -0.2) is 4.98 Å². The molecule has 0 amide bonds. The summed E-state index contributed by atoms with van der Waals surface area (Å²) < 4.78 is 11.4. The molecule has 1 saturated heterocycles. The zero-order valence-electron chi connectivity index (χ0n) is 13.4. The number of likely N-dealkylation sites (tertiary alicyclic amines) is 1. The monoisotopic (exact) mass is 335 g/mol. The van der Waals surface area contributed by atoms with E-state index >= 15 is 0 Å². The largest absolute Gasteiger partial charge is 0.439 e. The van der Waals surface area contributed by atoms with Crippen LogP contribution in [0.3, 0.4) is 0 Å². The van der Waals surface area contributed by atoms with Crippen molar-refractivity contribution >= 4 is 16.8 Å². The highest BCUT2D eigenvalue weighted by molar-refractivity contribution is 5.75. The normalized spacial score (nSPS) is 16.7. The van der Waals surface area contributed by atoms with E-state index in [1.54, 1.807) is 6.07 Å². The van der Waals surface area contributed by atoms with Crippen molar-refractivity contribution in [2.75, 3.05) is 26.3 Å². The Morgan fingerprint density at radius 3 is 2.92 bits per heavy atom. The summed E-state index contributed by atoms with van der Waals surface area (Å²) in [6.45, 7) is 3.14. The number of rotatable bonds is 7. The van der Waals surface area contributed by atoms with E-state index in [4.69, 9.17) is 14.3 Å². The molecule has 2 aromatic rings. The van der Waals surface area contributed by atoms with Gasteiger partial charge < -0.3 is 14.3 Å². The number of ether oxygens (including phenoxy) is 1. The molecule has 2 heterocycles. The second-order valence-electron chi connectivity index (χ2n) is 5.94. The number of aliphatic hydroxyl groups is 1. The van der Waals surface area contributed by atoms with Gasteiger partial charge >= 0.3 is 0 Å². The SMILES string of the molecule is O=[N+]([O-])c1ccc2oc(CN3CCC(OCCCO)CC3)nc2c1. The van der Waals surface area contributed by atoms with Gasteiger partial charge in [0.25, 0.3) is 5.69 Å². The van der Waals surface area contributed by atoms with E-state index in [-0.39, 0.29) is 18.4 Å². The number of nitrogens with zero attached hydrogens (tertiary/aromatic N) is 3. The first-order chi connectivity index (χ1) is 11.7. The number of nitro benzene ring substituents is 1. The first-order valence-electron chi connectivity index (χ1n) is 8.14. The molecule has 24 heavy (non-hydrogen) atoms. The van der Waals surface area contributed by atoms with Gasteiger partial charge in [0, 0.05) is 38.4 Å². The van der Waals surface area contributed by atoms with Crippen LogP contribution in [0, 0.1) is 10.1 Å². The number of benzene rings is 1. The summed E-state index contributed by atoms with van der Waals surface area (Å²) in [4.78, 5) is 17.0. The van der Waals surface area contributed by atoms with Gasteiger partial charge in [0.15, 0.2) is 5.58 Å². The van der Waals surface area contributed by atoms with Crippen molar-refractivity contribution in [2.24, 2.45) is 0 Å². The van der Waals surface area contributed by atoms with Gasteiger partial charge in [-0.15, -0.1) is 0 Å². The van der Waals surface area contributed by atoms with Crippen molar-refractivity contribution < 1.29 is 19.2 Å². The molecule has 0 spiro atoms. The Morgan fingerprint density at radius 2 is 2.21 bits per heavy atom. The highest BCUT2D eigenvalue weighted by atomic mass is 16.6. The van der Waals surface area contributed by atoms with Gasteiger partial charge in [-0.1, -0.05) is 0 Å². The van der Waals surface area contributed by atoms with Gasteiger partial charge in [-0.2, -0.15) is 0 Å². The summed E-state index contributed by atoms with van der Waals surface area (Å²) in [5.41, 5.74) is 1.10. The minimum absolute atomic E-state index is 0.0168. The maximum atomic E-state index is 10.8. The van der Waals surface area contributed by atoms with Gasteiger partial charge in [0.1, 0.15) is 5.52 Å². The number of hydrogen-bond donors (Lipinski definition) is 1. The maximum absolute atomic E-state index is 10.8. The van der Waals surface area contributed by atoms with Crippen LogP contribution < -0.4 is 0 Å². The third kappa shape index (κ3) is 4.08. The first-order valence-corrected chi connectivity index (χ1v) is 8.14. The molecule has 1 aliphatic rings. The van der Waals surface area contributed by atoms with E-state index in [9.17, 15) is 10.1 Å². The molecule has 8 heteroatoms. The minimum atomic E-state index is -0.435. The maximum Gasteiger partial charge on any atom is 0.271 e. The van der Waals surface area contributed by atoms with Crippen LogP contribution in [0.2, 0.25) is 0 Å². The fraction of sp³-hybridized carbons (Fsp3) is 0.562. The topological polar surface area (TPSA) is 102 Å². The third-order valence-corrected chi connectivity index (χ3v) is 4.18. The highest BCUT2D eigenvalue weighted by Crippen LogP contribution is 2.23. The van der Waals surface area contributed by atoms with E-state index in [2.05, 4.69) is 9.88 Å². The fourth-order valence-corrected chi connectivity index (χ4v) is 2.88. The van der Waals surface area contributed by atoms with Crippen LogP contribution in [0.25, 0.3) is 11.1 Å². The van der Waals surface area contributed by atoms with Crippen molar-refractivity contribution in [3.05, 3.63) is 34.2 Å². The van der Waals surface area contributed by atoms with Gasteiger partial charge in [-0.05, 0) is 25.3 Å². The Hall–Kier alpha value is -2.03. The molecular formula is C16H21N3O5. The molecule has 8 nitrogen and oxygen atoms in total. The van der Waals surface area contributed by atoms with Crippen LogP contribution in [0.5, 0.6) is 0 Å². The average molecular weight is 335 g/mol. The molecule has 0 bridgehead atoms. The first kappa shape index (κ1) is 16.8. The quantitative estimate of drug-likeness (QED) is 0.469. The predicted molar refractivity (Wildman–Crippen MR) is 86.6 cm³/mol. The fourth-order valence-electron chi connectivity index (χ4n) is 2.88. The van der Waals surface area contributed by atoms with Crippen molar-refractivity contribution in [3.63, 3.8) is 0 Å². The minimum Gasteiger partial charge on any atom is -0.439 e. The van der Waals surface area contributed by atoms with Crippen molar-refractivity contribution in [1.82, 2.24) is 9.88 Å². The van der Waals surface area contributed by atoms with Crippen molar-refractivity contribution in [3.8, 4) is 0 Å². The second-order valence-corrected chi connectivity index (χ2v) is 5.94. The molecule has 1 fully saturated rings. The number of fused-ring (bicyclic) bond motifs is 1. The molecule has 0 unspecified atom stereocenters. The zero-order valence-corrected chi connectivity index (χ0v) is 13.4.